The van der Waals surface area contributed by atoms with Gasteiger partial charge in [0.1, 0.15) is 5.58 Å². The third-order valence-electron chi connectivity index (χ3n) is 6.42. The van der Waals surface area contributed by atoms with Crippen LogP contribution in [0.25, 0.3) is 11.0 Å². The van der Waals surface area contributed by atoms with Crippen LogP contribution in [0.2, 0.25) is 0 Å². The van der Waals surface area contributed by atoms with Crippen molar-refractivity contribution in [3.8, 4) is 0 Å². The van der Waals surface area contributed by atoms with Gasteiger partial charge in [-0.3, -0.25) is 14.5 Å². The zero-order valence-corrected chi connectivity index (χ0v) is 19.9. The molecule has 0 bridgehead atoms. The van der Waals surface area contributed by atoms with Crippen LogP contribution in [-0.2, 0) is 0 Å². The van der Waals surface area contributed by atoms with E-state index in [0.29, 0.717) is 16.5 Å². The third kappa shape index (κ3) is 3.11. The third-order valence-corrected chi connectivity index (χ3v) is 6.91. The fraction of sp³-hybridized carbons (Fsp3) is 0.185. The van der Waals surface area contributed by atoms with E-state index in [1.165, 1.54) is 0 Å². The Bertz CT molecular complexity index is 1480. The van der Waals surface area contributed by atoms with Crippen LogP contribution in [0.3, 0.4) is 0 Å². The molecule has 1 unspecified atom stereocenters. The molecular weight excluding hydrogens is 466 g/mol. The lowest BCUT2D eigenvalue weighted by molar-refractivity contribution is 0.0971. The SMILES string of the molecule is Cc1ccc(N2C(=O)c3oc4cc(C)c(C)cc4c(=O)c3C2c2cccc(Br)c2)cc1C. The van der Waals surface area contributed by atoms with Crippen molar-refractivity contribution >= 4 is 38.5 Å². The normalized spacial score (nSPS) is 15.5. The molecule has 0 saturated heterocycles. The van der Waals surface area contributed by atoms with Crippen LogP contribution in [0.5, 0.6) is 0 Å². The summed E-state index contributed by atoms with van der Waals surface area (Å²) in [6.45, 7) is 7.99. The van der Waals surface area contributed by atoms with E-state index in [-0.39, 0.29) is 17.1 Å². The summed E-state index contributed by atoms with van der Waals surface area (Å²) >= 11 is 3.53. The second-order valence-electron chi connectivity index (χ2n) is 8.51. The van der Waals surface area contributed by atoms with Gasteiger partial charge in [-0.05, 0) is 91.9 Å². The van der Waals surface area contributed by atoms with Crippen molar-refractivity contribution in [2.45, 2.75) is 33.7 Å². The van der Waals surface area contributed by atoms with Crippen LogP contribution in [0.1, 0.15) is 50.0 Å². The maximum Gasteiger partial charge on any atom is 0.295 e. The van der Waals surface area contributed by atoms with Crippen LogP contribution in [0.15, 0.2) is 68.3 Å². The van der Waals surface area contributed by atoms with Crippen LogP contribution in [0.4, 0.5) is 5.69 Å². The summed E-state index contributed by atoms with van der Waals surface area (Å²) in [4.78, 5) is 29.1. The minimum Gasteiger partial charge on any atom is -0.450 e. The molecule has 1 atom stereocenters. The summed E-state index contributed by atoms with van der Waals surface area (Å²) in [7, 11) is 0. The zero-order valence-electron chi connectivity index (χ0n) is 18.3. The number of aryl methyl sites for hydroxylation is 4. The Morgan fingerprint density at radius 3 is 2.28 bits per heavy atom. The number of carbonyl (C=O) groups excluding carboxylic acids is 1. The molecule has 1 aromatic heterocycles. The number of halogens is 1. The molecule has 0 spiro atoms. The second-order valence-corrected chi connectivity index (χ2v) is 9.42. The molecule has 0 radical (unpaired) electrons. The van der Waals surface area contributed by atoms with Crippen LogP contribution in [0, 0.1) is 27.7 Å². The monoisotopic (exact) mass is 487 g/mol. The summed E-state index contributed by atoms with van der Waals surface area (Å²) in [6, 6.07) is 16.8. The largest absolute Gasteiger partial charge is 0.450 e. The molecule has 5 heteroatoms. The topological polar surface area (TPSA) is 50.5 Å². The molecule has 0 saturated carbocycles. The lowest BCUT2D eigenvalue weighted by atomic mass is 9.97. The molecule has 0 aliphatic carbocycles. The van der Waals surface area contributed by atoms with Crippen molar-refractivity contribution in [3.63, 3.8) is 0 Å². The standard InChI is InChI=1S/C27H22BrNO3/c1-14-8-9-20(10-15(14)2)29-24(18-6-5-7-19(28)13-18)23-25(30)21-11-16(3)17(4)12-22(21)32-26(23)27(29)31/h5-13,24H,1-4H3. The van der Waals surface area contributed by atoms with E-state index in [0.717, 1.165) is 38.0 Å². The predicted molar refractivity (Wildman–Crippen MR) is 131 cm³/mol. The summed E-state index contributed by atoms with van der Waals surface area (Å²) in [5.41, 5.74) is 6.51. The average molecular weight is 488 g/mol. The zero-order chi connectivity index (χ0) is 22.7. The van der Waals surface area contributed by atoms with E-state index in [1.54, 1.807) is 4.90 Å². The molecule has 160 valence electrons. The molecule has 5 rings (SSSR count). The van der Waals surface area contributed by atoms with E-state index in [1.807, 2.05) is 82.3 Å². The minimum atomic E-state index is -0.570. The van der Waals surface area contributed by atoms with Gasteiger partial charge in [0.15, 0.2) is 5.43 Å². The van der Waals surface area contributed by atoms with Gasteiger partial charge in [0.2, 0.25) is 5.76 Å². The Labute approximate surface area is 194 Å². The Kier molecular flexibility index (Phi) is 4.82. The van der Waals surface area contributed by atoms with Gasteiger partial charge in [-0.25, -0.2) is 0 Å². The molecule has 1 aliphatic heterocycles. The Morgan fingerprint density at radius 2 is 1.56 bits per heavy atom. The first-order chi connectivity index (χ1) is 15.3. The number of hydrogen-bond acceptors (Lipinski definition) is 3. The number of fused-ring (bicyclic) bond motifs is 2. The van der Waals surface area contributed by atoms with E-state index in [4.69, 9.17) is 4.42 Å². The Hall–Kier alpha value is -3.18. The molecular formula is C27H22BrNO3. The fourth-order valence-corrected chi connectivity index (χ4v) is 4.78. The molecule has 3 aromatic carbocycles. The highest BCUT2D eigenvalue weighted by Crippen LogP contribution is 2.42. The van der Waals surface area contributed by atoms with E-state index < -0.39 is 6.04 Å². The molecule has 1 aliphatic rings. The van der Waals surface area contributed by atoms with Gasteiger partial charge >= 0.3 is 0 Å². The smallest absolute Gasteiger partial charge is 0.295 e. The first kappa shape index (κ1) is 20.7. The highest BCUT2D eigenvalue weighted by molar-refractivity contribution is 9.10. The average Bonchev–Trinajstić information content (AvgIpc) is 3.04. The van der Waals surface area contributed by atoms with Gasteiger partial charge in [0.25, 0.3) is 5.91 Å². The van der Waals surface area contributed by atoms with E-state index >= 15 is 0 Å². The summed E-state index contributed by atoms with van der Waals surface area (Å²) in [5, 5.41) is 0.501. The van der Waals surface area contributed by atoms with Crippen molar-refractivity contribution in [3.05, 3.63) is 108 Å². The summed E-state index contributed by atoms with van der Waals surface area (Å²) in [5.74, 6) is -0.181. The van der Waals surface area contributed by atoms with Crippen molar-refractivity contribution in [2.75, 3.05) is 4.90 Å². The first-order valence-corrected chi connectivity index (χ1v) is 11.3. The number of carbonyl (C=O) groups is 1. The fourth-order valence-electron chi connectivity index (χ4n) is 4.36. The molecule has 1 amide bonds. The maximum atomic E-state index is 13.7. The second kappa shape index (κ2) is 7.45. The van der Waals surface area contributed by atoms with Gasteiger partial charge < -0.3 is 4.42 Å². The van der Waals surface area contributed by atoms with Crippen LogP contribution in [-0.4, -0.2) is 5.91 Å². The minimum absolute atomic E-state index is 0.119. The molecule has 32 heavy (non-hydrogen) atoms. The van der Waals surface area contributed by atoms with Gasteiger partial charge in [-0.1, -0.05) is 34.1 Å². The van der Waals surface area contributed by atoms with Crippen molar-refractivity contribution < 1.29 is 9.21 Å². The van der Waals surface area contributed by atoms with Crippen LogP contribution >= 0.6 is 15.9 Å². The van der Waals surface area contributed by atoms with Gasteiger partial charge in [-0.15, -0.1) is 0 Å². The van der Waals surface area contributed by atoms with Crippen molar-refractivity contribution in [1.82, 2.24) is 0 Å². The predicted octanol–water partition coefficient (Wildman–Crippen LogP) is 6.54. The quantitative estimate of drug-likeness (QED) is 0.322. The number of hydrogen-bond donors (Lipinski definition) is 0. The molecule has 2 heterocycles. The molecule has 4 aromatic rings. The Balaban J connectivity index is 1.84. The van der Waals surface area contributed by atoms with E-state index in [2.05, 4.69) is 15.9 Å². The number of benzene rings is 3. The van der Waals surface area contributed by atoms with Gasteiger partial charge in [0.05, 0.1) is 17.0 Å². The van der Waals surface area contributed by atoms with Crippen LogP contribution < -0.4 is 10.3 Å². The van der Waals surface area contributed by atoms with Gasteiger partial charge in [-0.2, -0.15) is 0 Å². The highest BCUT2D eigenvalue weighted by atomic mass is 79.9. The Morgan fingerprint density at radius 1 is 0.844 bits per heavy atom. The highest BCUT2D eigenvalue weighted by Gasteiger charge is 2.43. The summed E-state index contributed by atoms with van der Waals surface area (Å²) < 4.78 is 7.00. The number of rotatable bonds is 2. The molecule has 4 nitrogen and oxygen atoms in total. The van der Waals surface area contributed by atoms with Gasteiger partial charge in [0, 0.05) is 10.2 Å². The number of amides is 1. The molecule has 0 fully saturated rings. The van der Waals surface area contributed by atoms with E-state index in [9.17, 15) is 9.59 Å². The van der Waals surface area contributed by atoms with Crippen molar-refractivity contribution in [2.24, 2.45) is 0 Å². The first-order valence-electron chi connectivity index (χ1n) is 10.5. The number of nitrogens with zero attached hydrogens (tertiary/aromatic N) is 1. The van der Waals surface area contributed by atoms with Crippen molar-refractivity contribution in [1.29, 1.82) is 0 Å². The number of anilines is 1. The maximum absolute atomic E-state index is 13.7. The lowest BCUT2D eigenvalue weighted by Gasteiger charge is -2.26. The summed E-state index contributed by atoms with van der Waals surface area (Å²) in [6.07, 6.45) is 0. The molecule has 0 N–H and O–H groups in total. The lowest BCUT2D eigenvalue weighted by Crippen LogP contribution is -2.29.